The molecule has 4 aromatic heterocycles. The van der Waals surface area contributed by atoms with Crippen LogP contribution in [0.25, 0.3) is 22.3 Å². The van der Waals surface area contributed by atoms with E-state index in [9.17, 15) is 24.3 Å². The minimum Gasteiger partial charge on any atom is -0.395 e. The summed E-state index contributed by atoms with van der Waals surface area (Å²) in [5, 5.41) is 13.5. The Morgan fingerprint density at radius 3 is 2.42 bits per heavy atom. The molecule has 0 unspecified atom stereocenters. The van der Waals surface area contributed by atoms with Gasteiger partial charge in [-0.2, -0.15) is 10.1 Å². The number of imidazole rings is 2. The third-order valence-electron chi connectivity index (χ3n) is 5.15. The van der Waals surface area contributed by atoms with Crippen LogP contribution in [0.3, 0.4) is 0 Å². The molecule has 0 aliphatic carbocycles. The number of hydrazone groups is 1. The Morgan fingerprint density at radius 2 is 1.73 bits per heavy atom. The van der Waals surface area contributed by atoms with Crippen molar-refractivity contribution in [3.8, 4) is 0 Å². The number of aromatic nitrogens is 8. The van der Waals surface area contributed by atoms with Gasteiger partial charge in [-0.15, -0.1) is 0 Å². The fourth-order valence-corrected chi connectivity index (χ4v) is 3.94. The lowest BCUT2D eigenvalue weighted by Crippen LogP contribution is -2.37. The minimum atomic E-state index is -0.638. The summed E-state index contributed by atoms with van der Waals surface area (Å²) < 4.78 is 6.70. The van der Waals surface area contributed by atoms with Crippen LogP contribution in [0.4, 0.5) is 5.95 Å². The van der Waals surface area contributed by atoms with Crippen LogP contribution in [0.1, 0.15) is 0 Å². The highest BCUT2D eigenvalue weighted by molar-refractivity contribution is 9.10. The molecule has 4 rings (SSSR count). The normalized spacial score (nSPS) is 11.9. The van der Waals surface area contributed by atoms with Crippen molar-refractivity contribution in [1.29, 1.82) is 0 Å². The summed E-state index contributed by atoms with van der Waals surface area (Å²) in [5.74, 6) is 0.134. The maximum Gasteiger partial charge on any atom is 0.332 e. The van der Waals surface area contributed by atoms with Gasteiger partial charge in [0.05, 0.1) is 13.2 Å². The fraction of sp³-hybridized carbons (Fsp3) is 0.353. The van der Waals surface area contributed by atoms with Crippen molar-refractivity contribution in [3.63, 3.8) is 0 Å². The molecule has 0 aliphatic heterocycles. The zero-order valence-corrected chi connectivity index (χ0v) is 19.3. The van der Waals surface area contributed by atoms with E-state index in [1.54, 1.807) is 0 Å². The maximum atomic E-state index is 12.6. The largest absolute Gasteiger partial charge is 0.395 e. The zero-order valence-electron chi connectivity index (χ0n) is 17.7. The Bertz CT molecular complexity index is 1660. The number of halogens is 1. The fourth-order valence-electron chi connectivity index (χ4n) is 3.45. The van der Waals surface area contributed by atoms with Gasteiger partial charge < -0.3 is 14.2 Å². The van der Waals surface area contributed by atoms with Crippen LogP contribution in [-0.4, -0.2) is 55.7 Å². The summed E-state index contributed by atoms with van der Waals surface area (Å²) in [7, 11) is 4.36. The Labute approximate surface area is 191 Å². The average molecular weight is 523 g/mol. The second-order valence-corrected chi connectivity index (χ2v) is 7.80. The van der Waals surface area contributed by atoms with Crippen LogP contribution in [-0.2, 0) is 34.2 Å². The topological polar surface area (TPSA) is 179 Å². The van der Waals surface area contributed by atoms with Crippen molar-refractivity contribution in [2.45, 2.75) is 13.1 Å². The van der Waals surface area contributed by atoms with E-state index in [2.05, 4.69) is 41.4 Å². The third kappa shape index (κ3) is 3.52. The van der Waals surface area contributed by atoms with Gasteiger partial charge in [0.2, 0.25) is 5.95 Å². The van der Waals surface area contributed by atoms with E-state index in [1.807, 2.05) is 0 Å². The summed E-state index contributed by atoms with van der Waals surface area (Å²) >= 11 is 3.29. The van der Waals surface area contributed by atoms with Crippen molar-refractivity contribution in [2.24, 2.45) is 26.2 Å². The number of H-pyrrole nitrogens is 1. The van der Waals surface area contributed by atoms with Gasteiger partial charge in [0.25, 0.3) is 11.1 Å². The van der Waals surface area contributed by atoms with Crippen LogP contribution in [0.2, 0.25) is 0 Å². The molecular formula is C17H19BrN10O5. The van der Waals surface area contributed by atoms with Crippen LogP contribution < -0.4 is 27.9 Å². The number of rotatable bonds is 6. The van der Waals surface area contributed by atoms with Gasteiger partial charge in [0.1, 0.15) is 0 Å². The maximum absolute atomic E-state index is 12.6. The van der Waals surface area contributed by atoms with Gasteiger partial charge >= 0.3 is 11.4 Å². The molecule has 0 amide bonds. The van der Waals surface area contributed by atoms with E-state index in [1.165, 1.54) is 45.6 Å². The molecule has 0 bridgehead atoms. The lowest BCUT2D eigenvalue weighted by molar-refractivity contribution is 0.278. The number of anilines is 1. The minimum absolute atomic E-state index is 0.0391. The van der Waals surface area contributed by atoms with Crippen molar-refractivity contribution in [3.05, 3.63) is 46.4 Å². The van der Waals surface area contributed by atoms with Gasteiger partial charge in [-0.05, 0) is 15.9 Å². The number of aliphatic hydroxyl groups is 1. The highest BCUT2D eigenvalue weighted by Gasteiger charge is 2.18. The van der Waals surface area contributed by atoms with Crippen molar-refractivity contribution in [1.82, 2.24) is 37.8 Å². The van der Waals surface area contributed by atoms with Gasteiger partial charge in [-0.25, -0.2) is 20.0 Å². The zero-order chi connectivity index (χ0) is 24.0. The van der Waals surface area contributed by atoms with E-state index < -0.39 is 22.5 Å². The monoisotopic (exact) mass is 522 g/mol. The molecule has 0 spiro atoms. The highest BCUT2D eigenvalue weighted by Crippen LogP contribution is 2.16. The van der Waals surface area contributed by atoms with Crippen molar-refractivity contribution < 1.29 is 5.11 Å². The summed E-state index contributed by atoms with van der Waals surface area (Å²) in [4.78, 5) is 59.5. The predicted molar refractivity (Wildman–Crippen MR) is 123 cm³/mol. The Morgan fingerprint density at radius 1 is 1.03 bits per heavy atom. The third-order valence-corrected chi connectivity index (χ3v) is 5.76. The molecule has 0 saturated carbocycles. The van der Waals surface area contributed by atoms with Gasteiger partial charge in [-0.3, -0.25) is 28.3 Å². The molecule has 0 aromatic carbocycles. The first-order chi connectivity index (χ1) is 15.7. The van der Waals surface area contributed by atoms with E-state index in [0.717, 1.165) is 4.57 Å². The first-order valence-electron chi connectivity index (χ1n) is 9.57. The summed E-state index contributed by atoms with van der Waals surface area (Å²) in [6, 6.07) is 0. The molecule has 4 aromatic rings. The standard InChI is InChI=1S/C17H19BrN10O5/c1-24-10-8(12(30)22-16(24)32)28(6-7-29)15(21-10)23-19-4-5-27-9-11(20-14(27)18)25(2)17(33)26(3)13(9)31/h4,29H,5-7H2,1-3H3,(H,21,23)(H,22,30,32)/b19-4+. The number of aliphatic hydroxyl groups excluding tert-OH is 1. The van der Waals surface area contributed by atoms with Crippen LogP contribution in [0, 0.1) is 0 Å². The molecule has 16 heteroatoms. The van der Waals surface area contributed by atoms with Crippen LogP contribution >= 0.6 is 15.9 Å². The molecular weight excluding hydrogens is 504 g/mol. The summed E-state index contributed by atoms with van der Waals surface area (Å²) in [5.41, 5.74) is 1.11. The number of fused-ring (bicyclic) bond motifs is 2. The number of aryl methyl sites for hydroxylation is 2. The molecule has 3 N–H and O–H groups in total. The van der Waals surface area contributed by atoms with Crippen molar-refractivity contribution in [2.75, 3.05) is 12.0 Å². The Hall–Kier alpha value is -3.79. The first-order valence-corrected chi connectivity index (χ1v) is 10.4. The molecule has 0 aliphatic rings. The molecule has 0 saturated heterocycles. The first kappa shape index (κ1) is 22.4. The number of aromatic amines is 1. The van der Waals surface area contributed by atoms with E-state index in [0.29, 0.717) is 4.73 Å². The average Bonchev–Trinajstić information content (AvgIpc) is 3.31. The number of hydrogen-bond acceptors (Lipinski definition) is 9. The predicted octanol–water partition coefficient (Wildman–Crippen LogP) is -1.98. The summed E-state index contributed by atoms with van der Waals surface area (Å²) in [6.45, 7) is -0.129. The molecule has 0 radical (unpaired) electrons. The lowest BCUT2D eigenvalue weighted by atomic mass is 10.5. The molecule has 0 fully saturated rings. The smallest absolute Gasteiger partial charge is 0.332 e. The van der Waals surface area contributed by atoms with E-state index >= 15 is 0 Å². The van der Waals surface area contributed by atoms with Gasteiger partial charge in [0.15, 0.2) is 27.1 Å². The molecule has 4 heterocycles. The van der Waals surface area contributed by atoms with Crippen LogP contribution in [0.15, 0.2) is 29.0 Å². The SMILES string of the molecule is Cn1c(=O)c2c(nc(Br)n2C/C=N/Nc2nc3c(c(=O)[nH]c(=O)n3C)n2CCO)n(C)c1=O. The number of nitrogens with zero attached hydrogens (tertiary/aromatic N) is 8. The Balaban J connectivity index is 1.70. The van der Waals surface area contributed by atoms with Crippen molar-refractivity contribution >= 4 is 50.4 Å². The molecule has 15 nitrogen and oxygen atoms in total. The second kappa shape index (κ2) is 8.28. The molecule has 174 valence electrons. The molecule has 33 heavy (non-hydrogen) atoms. The quantitative estimate of drug-likeness (QED) is 0.148. The van der Waals surface area contributed by atoms with Crippen LogP contribution in [0.5, 0.6) is 0 Å². The van der Waals surface area contributed by atoms with Gasteiger partial charge in [-0.1, -0.05) is 0 Å². The second-order valence-electron chi connectivity index (χ2n) is 7.09. The van der Waals surface area contributed by atoms with E-state index in [-0.39, 0.29) is 48.0 Å². The highest BCUT2D eigenvalue weighted by atomic mass is 79.9. The Kier molecular flexibility index (Phi) is 5.62. The summed E-state index contributed by atoms with van der Waals surface area (Å²) in [6.07, 6.45) is 1.43. The number of nitrogens with one attached hydrogen (secondary N) is 2. The lowest BCUT2D eigenvalue weighted by Gasteiger charge is -2.06. The number of hydrogen-bond donors (Lipinski definition) is 3. The van der Waals surface area contributed by atoms with E-state index in [4.69, 9.17) is 0 Å². The van der Waals surface area contributed by atoms with Gasteiger partial charge in [0, 0.05) is 33.9 Å². The molecule has 0 atom stereocenters.